The topological polar surface area (TPSA) is 29.5 Å². The van der Waals surface area contributed by atoms with Crippen LogP contribution in [0.1, 0.15) is 26.2 Å². The lowest BCUT2D eigenvalue weighted by Gasteiger charge is -2.10. The van der Waals surface area contributed by atoms with Crippen LogP contribution in [0.2, 0.25) is 0 Å². The molecule has 0 saturated carbocycles. The van der Waals surface area contributed by atoms with E-state index in [1.54, 1.807) is 6.07 Å². The Bertz CT molecular complexity index is 491. The molecule has 0 aliphatic rings. The number of hydrogen-bond acceptors (Lipinski definition) is 2. The van der Waals surface area contributed by atoms with Gasteiger partial charge in [0.15, 0.2) is 0 Å². The Labute approximate surface area is 102 Å². The lowest BCUT2D eigenvalue weighted by atomic mass is 10.1. The maximum absolute atomic E-state index is 9.75. The van der Waals surface area contributed by atoms with Crippen LogP contribution in [0.5, 0.6) is 11.5 Å². The number of phenolic OH excluding ortho intramolecular Hbond substituents is 1. The summed E-state index contributed by atoms with van der Waals surface area (Å²) in [4.78, 5) is 0. The molecule has 2 nitrogen and oxygen atoms in total. The van der Waals surface area contributed by atoms with Crippen LogP contribution < -0.4 is 4.74 Å². The van der Waals surface area contributed by atoms with Gasteiger partial charge in [-0.15, -0.1) is 0 Å². The first-order chi connectivity index (χ1) is 8.33. The first-order valence-corrected chi connectivity index (χ1v) is 6.16. The number of hydrogen-bond donors (Lipinski definition) is 1. The molecule has 0 amide bonds. The van der Waals surface area contributed by atoms with Gasteiger partial charge in [-0.2, -0.15) is 0 Å². The Kier molecular flexibility index (Phi) is 3.86. The van der Waals surface area contributed by atoms with Crippen molar-refractivity contribution < 1.29 is 9.84 Å². The zero-order valence-corrected chi connectivity index (χ0v) is 10.1. The Hall–Kier alpha value is -1.70. The highest BCUT2D eigenvalue weighted by Crippen LogP contribution is 2.32. The van der Waals surface area contributed by atoms with E-state index in [0.29, 0.717) is 5.75 Å². The van der Waals surface area contributed by atoms with E-state index in [1.165, 1.54) is 12.8 Å². The molecule has 2 heteroatoms. The molecule has 0 fully saturated rings. The summed E-state index contributed by atoms with van der Waals surface area (Å²) in [5, 5.41) is 11.6. The molecule has 2 aromatic carbocycles. The smallest absolute Gasteiger partial charge is 0.127 e. The minimum Gasteiger partial charge on any atom is -0.507 e. The van der Waals surface area contributed by atoms with E-state index >= 15 is 0 Å². The fourth-order valence-corrected chi connectivity index (χ4v) is 1.92. The minimum absolute atomic E-state index is 0.307. The molecule has 0 saturated heterocycles. The van der Waals surface area contributed by atoms with Crippen LogP contribution >= 0.6 is 0 Å². The average Bonchev–Trinajstić information content (AvgIpc) is 2.37. The van der Waals surface area contributed by atoms with E-state index in [4.69, 9.17) is 4.74 Å². The molecule has 0 unspecified atom stereocenters. The zero-order chi connectivity index (χ0) is 12.1. The highest BCUT2D eigenvalue weighted by atomic mass is 16.5. The summed E-state index contributed by atoms with van der Waals surface area (Å²) in [6, 6.07) is 11.3. The monoisotopic (exact) mass is 230 g/mol. The predicted molar refractivity (Wildman–Crippen MR) is 70.6 cm³/mol. The standard InChI is InChI=1S/C15H18O2/c1-2-3-6-11-17-15-10-9-14(16)12-7-4-5-8-13(12)15/h4-5,7-10,16H,2-3,6,11H2,1H3. The normalized spacial score (nSPS) is 10.6. The third-order valence-corrected chi connectivity index (χ3v) is 2.87. The maximum Gasteiger partial charge on any atom is 0.127 e. The number of unbranched alkanes of at least 4 members (excludes halogenated alkanes) is 2. The van der Waals surface area contributed by atoms with Crippen molar-refractivity contribution in [3.8, 4) is 11.5 Å². The van der Waals surface area contributed by atoms with Crippen molar-refractivity contribution in [3.05, 3.63) is 36.4 Å². The minimum atomic E-state index is 0.307. The Morgan fingerprint density at radius 2 is 1.76 bits per heavy atom. The number of aromatic hydroxyl groups is 1. The van der Waals surface area contributed by atoms with E-state index in [-0.39, 0.29) is 0 Å². The van der Waals surface area contributed by atoms with Crippen molar-refractivity contribution in [1.29, 1.82) is 0 Å². The van der Waals surface area contributed by atoms with Gasteiger partial charge in [-0.05, 0) is 18.6 Å². The van der Waals surface area contributed by atoms with Crippen LogP contribution in [0.15, 0.2) is 36.4 Å². The van der Waals surface area contributed by atoms with E-state index < -0.39 is 0 Å². The molecule has 0 aromatic heterocycles. The predicted octanol–water partition coefficient (Wildman–Crippen LogP) is 4.11. The van der Waals surface area contributed by atoms with Gasteiger partial charge < -0.3 is 9.84 Å². The van der Waals surface area contributed by atoms with Crippen LogP contribution in [-0.4, -0.2) is 11.7 Å². The summed E-state index contributed by atoms with van der Waals surface area (Å²) in [5.74, 6) is 1.16. The summed E-state index contributed by atoms with van der Waals surface area (Å²) >= 11 is 0. The van der Waals surface area contributed by atoms with E-state index in [2.05, 4.69) is 6.92 Å². The first-order valence-electron chi connectivity index (χ1n) is 6.16. The van der Waals surface area contributed by atoms with Gasteiger partial charge in [-0.3, -0.25) is 0 Å². The van der Waals surface area contributed by atoms with Gasteiger partial charge in [0.25, 0.3) is 0 Å². The Morgan fingerprint density at radius 3 is 2.53 bits per heavy atom. The van der Waals surface area contributed by atoms with Crippen LogP contribution in [0.25, 0.3) is 10.8 Å². The quantitative estimate of drug-likeness (QED) is 0.783. The molecular weight excluding hydrogens is 212 g/mol. The second-order valence-corrected chi connectivity index (χ2v) is 4.18. The second-order valence-electron chi connectivity index (χ2n) is 4.18. The summed E-state index contributed by atoms with van der Waals surface area (Å²) in [7, 11) is 0. The molecule has 0 spiro atoms. The molecule has 0 aliphatic carbocycles. The zero-order valence-electron chi connectivity index (χ0n) is 10.1. The fraction of sp³-hybridized carbons (Fsp3) is 0.333. The summed E-state index contributed by atoms with van der Waals surface area (Å²) in [5.41, 5.74) is 0. The van der Waals surface area contributed by atoms with Crippen LogP contribution in [-0.2, 0) is 0 Å². The fourth-order valence-electron chi connectivity index (χ4n) is 1.92. The molecule has 2 rings (SSSR count). The molecule has 2 aromatic rings. The van der Waals surface area contributed by atoms with Crippen LogP contribution in [0, 0.1) is 0 Å². The highest BCUT2D eigenvalue weighted by molar-refractivity contribution is 5.92. The van der Waals surface area contributed by atoms with Crippen molar-refractivity contribution in [2.75, 3.05) is 6.61 Å². The van der Waals surface area contributed by atoms with Gasteiger partial charge in [0.2, 0.25) is 0 Å². The molecule has 1 N–H and O–H groups in total. The van der Waals surface area contributed by atoms with Gasteiger partial charge in [0.1, 0.15) is 11.5 Å². The number of benzene rings is 2. The summed E-state index contributed by atoms with van der Waals surface area (Å²) in [6.07, 6.45) is 3.46. The van der Waals surface area contributed by atoms with Gasteiger partial charge >= 0.3 is 0 Å². The van der Waals surface area contributed by atoms with Gasteiger partial charge in [-0.25, -0.2) is 0 Å². The van der Waals surface area contributed by atoms with Crippen molar-refractivity contribution in [2.24, 2.45) is 0 Å². The molecule has 0 radical (unpaired) electrons. The maximum atomic E-state index is 9.75. The van der Waals surface area contributed by atoms with Crippen molar-refractivity contribution in [1.82, 2.24) is 0 Å². The lowest BCUT2D eigenvalue weighted by Crippen LogP contribution is -1.97. The van der Waals surface area contributed by atoms with Crippen molar-refractivity contribution in [2.45, 2.75) is 26.2 Å². The summed E-state index contributed by atoms with van der Waals surface area (Å²) < 4.78 is 5.77. The number of ether oxygens (including phenoxy) is 1. The molecule has 0 atom stereocenters. The largest absolute Gasteiger partial charge is 0.507 e. The molecular formula is C15H18O2. The van der Waals surface area contributed by atoms with E-state index in [9.17, 15) is 5.11 Å². The van der Waals surface area contributed by atoms with Gasteiger partial charge in [0.05, 0.1) is 6.61 Å². The molecule has 0 aliphatic heterocycles. The van der Waals surface area contributed by atoms with E-state index in [0.717, 1.165) is 29.5 Å². The van der Waals surface area contributed by atoms with Crippen molar-refractivity contribution in [3.63, 3.8) is 0 Å². The Balaban J connectivity index is 2.20. The SMILES string of the molecule is CCCCCOc1ccc(O)c2ccccc12. The van der Waals surface area contributed by atoms with Crippen LogP contribution in [0.3, 0.4) is 0 Å². The second kappa shape index (κ2) is 5.58. The number of phenols is 1. The number of fused-ring (bicyclic) bond motifs is 1. The third kappa shape index (κ3) is 2.70. The van der Waals surface area contributed by atoms with Gasteiger partial charge in [0, 0.05) is 10.8 Å². The highest BCUT2D eigenvalue weighted by Gasteiger charge is 2.05. The average molecular weight is 230 g/mol. The summed E-state index contributed by atoms with van der Waals surface area (Å²) in [6.45, 7) is 2.92. The Morgan fingerprint density at radius 1 is 1.00 bits per heavy atom. The van der Waals surface area contributed by atoms with E-state index in [1.807, 2.05) is 30.3 Å². The molecule has 0 heterocycles. The van der Waals surface area contributed by atoms with Crippen molar-refractivity contribution >= 4 is 10.8 Å². The molecule has 0 bridgehead atoms. The molecule has 17 heavy (non-hydrogen) atoms. The van der Waals surface area contributed by atoms with Gasteiger partial charge in [-0.1, -0.05) is 44.0 Å². The van der Waals surface area contributed by atoms with Crippen LogP contribution in [0.4, 0.5) is 0 Å². The lowest BCUT2D eigenvalue weighted by molar-refractivity contribution is 0.309. The molecule has 90 valence electrons. The first kappa shape index (κ1) is 11.8. The third-order valence-electron chi connectivity index (χ3n) is 2.87. The number of rotatable bonds is 5.